The van der Waals surface area contributed by atoms with Crippen LogP contribution in [0, 0.1) is 17.1 Å². The standard InChI is InChI=1S/C19H17BrFN3O3/c1-11(2)27-18-8-15(20)13(7-17(18)26-3)10-23-24-19(25)14-5-4-12(9-22)6-16(14)21/h4-8,10-11H,1-3H3,(H,24,25). The highest BCUT2D eigenvalue weighted by molar-refractivity contribution is 9.10. The summed E-state index contributed by atoms with van der Waals surface area (Å²) in [5, 5.41) is 12.6. The van der Waals surface area contributed by atoms with Crippen LogP contribution in [-0.2, 0) is 0 Å². The van der Waals surface area contributed by atoms with Crippen LogP contribution in [0.4, 0.5) is 4.39 Å². The van der Waals surface area contributed by atoms with E-state index in [1.807, 2.05) is 13.8 Å². The van der Waals surface area contributed by atoms with Gasteiger partial charge in [-0.05, 0) is 60.1 Å². The molecule has 0 fully saturated rings. The Morgan fingerprint density at radius 3 is 2.67 bits per heavy atom. The minimum absolute atomic E-state index is 0.0214. The van der Waals surface area contributed by atoms with Gasteiger partial charge in [-0.1, -0.05) is 0 Å². The quantitative estimate of drug-likeness (QED) is 0.550. The molecule has 0 aliphatic carbocycles. The fourth-order valence-corrected chi connectivity index (χ4v) is 2.57. The first-order valence-corrected chi connectivity index (χ1v) is 8.72. The van der Waals surface area contributed by atoms with Crippen molar-refractivity contribution in [3.8, 4) is 17.6 Å². The van der Waals surface area contributed by atoms with Crippen molar-refractivity contribution in [2.24, 2.45) is 5.10 Å². The van der Waals surface area contributed by atoms with Gasteiger partial charge in [0.2, 0.25) is 0 Å². The summed E-state index contributed by atoms with van der Waals surface area (Å²) >= 11 is 3.41. The molecule has 0 radical (unpaired) electrons. The van der Waals surface area contributed by atoms with E-state index < -0.39 is 11.7 Å². The van der Waals surface area contributed by atoms with Crippen molar-refractivity contribution in [1.29, 1.82) is 5.26 Å². The fraction of sp³-hybridized carbons (Fsp3) is 0.211. The van der Waals surface area contributed by atoms with Gasteiger partial charge in [0, 0.05) is 10.0 Å². The first-order valence-electron chi connectivity index (χ1n) is 7.93. The minimum atomic E-state index is -0.792. The highest BCUT2D eigenvalue weighted by atomic mass is 79.9. The van der Waals surface area contributed by atoms with Crippen LogP contribution in [0.15, 0.2) is 39.9 Å². The van der Waals surface area contributed by atoms with Crippen LogP contribution in [0.3, 0.4) is 0 Å². The number of rotatable bonds is 6. The summed E-state index contributed by atoms with van der Waals surface area (Å²) in [5.41, 5.74) is 2.81. The van der Waals surface area contributed by atoms with Crippen LogP contribution in [0.25, 0.3) is 0 Å². The third-order valence-corrected chi connectivity index (χ3v) is 4.04. The van der Waals surface area contributed by atoms with Crippen molar-refractivity contribution < 1.29 is 18.7 Å². The molecule has 0 bridgehead atoms. The zero-order valence-electron chi connectivity index (χ0n) is 14.9. The first kappa shape index (κ1) is 20.4. The van der Waals surface area contributed by atoms with Crippen molar-refractivity contribution >= 4 is 28.1 Å². The number of benzene rings is 2. The predicted molar refractivity (Wildman–Crippen MR) is 103 cm³/mol. The van der Waals surface area contributed by atoms with Gasteiger partial charge in [-0.15, -0.1) is 0 Å². The van der Waals surface area contributed by atoms with E-state index in [4.69, 9.17) is 14.7 Å². The van der Waals surface area contributed by atoms with Crippen molar-refractivity contribution in [3.63, 3.8) is 0 Å². The Hall–Kier alpha value is -2.92. The molecule has 1 amide bonds. The van der Waals surface area contributed by atoms with Crippen molar-refractivity contribution in [2.75, 3.05) is 7.11 Å². The zero-order valence-corrected chi connectivity index (χ0v) is 16.5. The van der Waals surface area contributed by atoms with Crippen LogP contribution >= 0.6 is 15.9 Å². The molecule has 0 heterocycles. The second kappa shape index (κ2) is 9.14. The summed E-state index contributed by atoms with van der Waals surface area (Å²) in [6, 6.07) is 8.82. The molecule has 2 aromatic carbocycles. The summed E-state index contributed by atoms with van der Waals surface area (Å²) in [5.74, 6) is -0.436. The molecule has 0 unspecified atom stereocenters. The summed E-state index contributed by atoms with van der Waals surface area (Å²) < 4.78 is 25.5. The Bertz CT molecular complexity index is 923. The number of amides is 1. The molecule has 8 heteroatoms. The minimum Gasteiger partial charge on any atom is -0.493 e. The summed E-state index contributed by atoms with van der Waals surface area (Å²) in [6.45, 7) is 3.81. The van der Waals surface area contributed by atoms with Crippen LogP contribution in [-0.4, -0.2) is 25.3 Å². The molecule has 140 valence electrons. The van der Waals surface area contributed by atoms with Crippen molar-refractivity contribution in [2.45, 2.75) is 20.0 Å². The van der Waals surface area contributed by atoms with Gasteiger partial charge >= 0.3 is 0 Å². The molecule has 0 aliphatic heterocycles. The number of ether oxygens (including phenoxy) is 2. The molecule has 1 N–H and O–H groups in total. The van der Waals surface area contributed by atoms with Crippen LogP contribution < -0.4 is 14.9 Å². The van der Waals surface area contributed by atoms with Gasteiger partial charge in [-0.3, -0.25) is 4.79 Å². The van der Waals surface area contributed by atoms with E-state index in [2.05, 4.69) is 26.5 Å². The number of nitrogens with one attached hydrogen (secondary N) is 1. The van der Waals surface area contributed by atoms with E-state index in [-0.39, 0.29) is 17.2 Å². The number of hydrogen-bond donors (Lipinski definition) is 1. The SMILES string of the molecule is COc1cc(C=NNC(=O)c2ccc(C#N)cc2F)c(Br)cc1OC(C)C. The van der Waals surface area contributed by atoms with Crippen LogP contribution in [0.2, 0.25) is 0 Å². The highest BCUT2D eigenvalue weighted by Gasteiger charge is 2.13. The monoisotopic (exact) mass is 433 g/mol. The van der Waals surface area contributed by atoms with E-state index >= 15 is 0 Å². The molecule has 2 aromatic rings. The van der Waals surface area contributed by atoms with E-state index in [0.29, 0.717) is 21.5 Å². The number of hydrogen-bond acceptors (Lipinski definition) is 5. The second-order valence-electron chi connectivity index (χ2n) is 5.70. The number of carbonyl (C=O) groups is 1. The molecule has 0 atom stereocenters. The lowest BCUT2D eigenvalue weighted by Crippen LogP contribution is -2.19. The summed E-state index contributed by atoms with van der Waals surface area (Å²) in [7, 11) is 1.52. The highest BCUT2D eigenvalue weighted by Crippen LogP contribution is 2.33. The largest absolute Gasteiger partial charge is 0.493 e. The molecule has 27 heavy (non-hydrogen) atoms. The molecule has 0 saturated heterocycles. The third-order valence-electron chi connectivity index (χ3n) is 3.36. The van der Waals surface area contributed by atoms with Gasteiger partial charge in [0.05, 0.1) is 36.6 Å². The molecule has 0 spiro atoms. The Morgan fingerprint density at radius 2 is 2.07 bits per heavy atom. The lowest BCUT2D eigenvalue weighted by molar-refractivity contribution is 0.0951. The molecule has 0 aliphatic rings. The van der Waals surface area contributed by atoms with Crippen LogP contribution in [0.5, 0.6) is 11.5 Å². The molecule has 0 saturated carbocycles. The number of nitriles is 1. The molecular weight excluding hydrogens is 417 g/mol. The fourth-order valence-electron chi connectivity index (χ4n) is 2.14. The Morgan fingerprint density at radius 1 is 1.33 bits per heavy atom. The molecule has 0 aromatic heterocycles. The number of methoxy groups -OCH3 is 1. The predicted octanol–water partition coefficient (Wildman–Crippen LogP) is 4.02. The van der Waals surface area contributed by atoms with Gasteiger partial charge in [-0.25, -0.2) is 9.82 Å². The van der Waals surface area contributed by atoms with Gasteiger partial charge in [0.15, 0.2) is 11.5 Å². The van der Waals surface area contributed by atoms with Gasteiger partial charge < -0.3 is 9.47 Å². The van der Waals surface area contributed by atoms with Gasteiger partial charge in [0.25, 0.3) is 5.91 Å². The van der Waals surface area contributed by atoms with Crippen molar-refractivity contribution in [3.05, 3.63) is 57.3 Å². The summed E-state index contributed by atoms with van der Waals surface area (Å²) in [4.78, 5) is 12.0. The Kier molecular flexibility index (Phi) is 6.91. The van der Waals surface area contributed by atoms with Gasteiger partial charge in [-0.2, -0.15) is 10.4 Å². The lowest BCUT2D eigenvalue weighted by atomic mass is 10.1. The topological polar surface area (TPSA) is 83.7 Å². The Labute approximate surface area is 164 Å². The van der Waals surface area contributed by atoms with E-state index in [9.17, 15) is 9.18 Å². The van der Waals surface area contributed by atoms with Crippen molar-refractivity contribution in [1.82, 2.24) is 5.43 Å². The average Bonchev–Trinajstić information content (AvgIpc) is 2.62. The number of nitrogens with zero attached hydrogens (tertiary/aromatic N) is 2. The van der Waals surface area contributed by atoms with E-state index in [0.717, 1.165) is 6.07 Å². The number of hydrazone groups is 1. The summed E-state index contributed by atoms with van der Waals surface area (Å²) in [6.07, 6.45) is 1.37. The third kappa shape index (κ3) is 5.28. The molecule has 2 rings (SSSR count). The molecular formula is C19H17BrFN3O3. The first-order chi connectivity index (χ1) is 12.8. The lowest BCUT2D eigenvalue weighted by Gasteiger charge is -2.14. The maximum atomic E-state index is 13.8. The zero-order chi connectivity index (χ0) is 20.0. The van der Waals surface area contributed by atoms with E-state index in [1.165, 1.54) is 25.5 Å². The smallest absolute Gasteiger partial charge is 0.274 e. The van der Waals surface area contributed by atoms with Gasteiger partial charge in [0.1, 0.15) is 5.82 Å². The molecule has 6 nitrogen and oxygen atoms in total. The maximum Gasteiger partial charge on any atom is 0.274 e. The number of halogens is 2. The second-order valence-corrected chi connectivity index (χ2v) is 6.55. The van der Waals surface area contributed by atoms with Crippen LogP contribution in [0.1, 0.15) is 35.3 Å². The average molecular weight is 434 g/mol. The maximum absolute atomic E-state index is 13.8. The number of carbonyl (C=O) groups excluding carboxylic acids is 1. The normalized spacial score (nSPS) is 10.7. The van der Waals surface area contributed by atoms with E-state index in [1.54, 1.807) is 18.2 Å². The Balaban J connectivity index is 2.16.